The first-order chi connectivity index (χ1) is 22.6. The van der Waals surface area contributed by atoms with E-state index in [4.69, 9.17) is 9.47 Å². The molecule has 0 aromatic heterocycles. The zero-order valence-electron chi connectivity index (χ0n) is 25.2. The van der Waals surface area contributed by atoms with E-state index >= 15 is 0 Å². The lowest BCUT2D eigenvalue weighted by Crippen LogP contribution is -1.98. The molecule has 46 heavy (non-hydrogen) atoms. The summed E-state index contributed by atoms with van der Waals surface area (Å²) in [4.78, 5) is 0. The first-order valence-electron chi connectivity index (χ1n) is 15.4. The quantitative estimate of drug-likeness (QED) is 0.187. The first-order valence-corrected chi connectivity index (χ1v) is 15.4. The third-order valence-electron chi connectivity index (χ3n) is 8.57. The highest BCUT2D eigenvalue weighted by atomic mass is 16.5. The van der Waals surface area contributed by atoms with Crippen molar-refractivity contribution in [2.24, 2.45) is 0 Å². The molecule has 0 radical (unpaired) electrons. The van der Waals surface area contributed by atoms with Gasteiger partial charge in [0.2, 0.25) is 0 Å². The topological polar surface area (TPSA) is 18.5 Å². The van der Waals surface area contributed by atoms with Gasteiger partial charge in [0.15, 0.2) is 0 Å². The molecule has 0 amide bonds. The maximum atomic E-state index is 5.84. The highest BCUT2D eigenvalue weighted by Gasteiger charge is 2.14. The lowest BCUT2D eigenvalue weighted by Gasteiger charge is -2.17. The average Bonchev–Trinajstić information content (AvgIpc) is 3.10. The molecule has 0 spiro atoms. The summed E-state index contributed by atoms with van der Waals surface area (Å²) >= 11 is 0. The molecule has 0 fully saturated rings. The van der Waals surface area contributed by atoms with Gasteiger partial charge in [-0.2, -0.15) is 0 Å². The molecule has 218 valence electrons. The van der Waals surface area contributed by atoms with Gasteiger partial charge in [0.25, 0.3) is 0 Å². The molecule has 7 aromatic rings. The van der Waals surface area contributed by atoms with Crippen LogP contribution >= 0.6 is 0 Å². The van der Waals surface area contributed by atoms with Gasteiger partial charge in [0, 0.05) is 11.1 Å². The van der Waals surface area contributed by atoms with Gasteiger partial charge in [-0.15, -0.1) is 0 Å². The summed E-state index contributed by atoms with van der Waals surface area (Å²) in [5.41, 5.74) is 6.97. The van der Waals surface area contributed by atoms with Gasteiger partial charge in [-0.1, -0.05) is 128 Å². The number of hydrogen-bond acceptors (Lipinski definition) is 2. The van der Waals surface area contributed by atoms with Gasteiger partial charge >= 0.3 is 0 Å². The Hall–Kier alpha value is -6.12. The molecule has 2 heteroatoms. The van der Waals surface area contributed by atoms with Crippen LogP contribution in [0, 0.1) is 0 Å². The van der Waals surface area contributed by atoms with Gasteiger partial charge in [-0.25, -0.2) is 0 Å². The monoisotopic (exact) mass is 590 g/mol. The number of rotatable bonds is 2. The van der Waals surface area contributed by atoms with Crippen molar-refractivity contribution in [2.45, 2.75) is 0 Å². The van der Waals surface area contributed by atoms with E-state index in [-0.39, 0.29) is 0 Å². The maximum absolute atomic E-state index is 5.84. The summed E-state index contributed by atoms with van der Waals surface area (Å²) in [6, 6.07) is 46.9. The molecule has 0 atom stereocenters. The number of benzene rings is 7. The van der Waals surface area contributed by atoms with Gasteiger partial charge < -0.3 is 9.47 Å². The van der Waals surface area contributed by atoms with E-state index in [2.05, 4.69) is 147 Å². The maximum Gasteiger partial charge on any atom is 0.135 e. The van der Waals surface area contributed by atoms with Crippen LogP contribution in [-0.4, -0.2) is 0 Å². The second kappa shape index (κ2) is 11.4. The molecule has 0 saturated heterocycles. The summed E-state index contributed by atoms with van der Waals surface area (Å²) in [6.45, 7) is 7.76. The van der Waals surface area contributed by atoms with Crippen LogP contribution in [0.25, 0.3) is 66.7 Å². The van der Waals surface area contributed by atoms with Crippen LogP contribution in [0.15, 0.2) is 170 Å². The molecular weight excluding hydrogens is 560 g/mol. The minimum Gasteiger partial charge on any atom is -0.457 e. The molecular formula is C44H30O2. The fraction of sp³-hybridized carbons (Fsp3) is 0. The zero-order chi connectivity index (χ0) is 31.0. The fourth-order valence-electron chi connectivity index (χ4n) is 6.36. The molecule has 0 aliphatic carbocycles. The predicted octanol–water partition coefficient (Wildman–Crippen LogP) is 12.0. The van der Waals surface area contributed by atoms with E-state index in [0.717, 1.165) is 33.8 Å². The van der Waals surface area contributed by atoms with E-state index in [0.29, 0.717) is 11.5 Å². The summed E-state index contributed by atoms with van der Waals surface area (Å²) in [7, 11) is 0. The van der Waals surface area contributed by atoms with Gasteiger partial charge in [-0.3, -0.25) is 0 Å². The lowest BCUT2D eigenvalue weighted by molar-refractivity contribution is 0.442. The van der Waals surface area contributed by atoms with Gasteiger partial charge in [0.05, 0.1) is 0 Å². The van der Waals surface area contributed by atoms with Gasteiger partial charge in [-0.05, 0) is 97.1 Å². The van der Waals surface area contributed by atoms with E-state index in [9.17, 15) is 0 Å². The zero-order valence-corrected chi connectivity index (χ0v) is 25.2. The molecule has 0 bridgehead atoms. The molecule has 2 aliphatic heterocycles. The van der Waals surface area contributed by atoms with Crippen molar-refractivity contribution in [2.75, 3.05) is 0 Å². The Bertz CT molecular complexity index is 2350. The Balaban J connectivity index is 0.000000138. The third kappa shape index (κ3) is 5.06. The van der Waals surface area contributed by atoms with Gasteiger partial charge in [0.1, 0.15) is 23.0 Å². The number of hydrogen-bond donors (Lipinski definition) is 0. The Morgan fingerprint density at radius 1 is 0.391 bits per heavy atom. The third-order valence-corrected chi connectivity index (χ3v) is 8.57. The standard InChI is InChI=1S/C24H16O.C20H14O/c1-16-10-11-17-12-13-20(15-23(17)25-16)24-21-8-4-2-6-18(21)14-19-7-3-5-9-22(19)24;1-14-9-10-16-11-12-17(13-20(16)21-14)19-8-4-6-15-5-2-3-7-18(15)19/h2-15H,1H2;2-13H,1H2. The van der Waals surface area contributed by atoms with Crippen molar-refractivity contribution >= 4 is 44.5 Å². The molecule has 0 N–H and O–H groups in total. The van der Waals surface area contributed by atoms with Crippen LogP contribution in [0.1, 0.15) is 11.1 Å². The average molecular weight is 591 g/mol. The van der Waals surface area contributed by atoms with Crippen LogP contribution < -0.4 is 9.47 Å². The molecule has 9 rings (SSSR count). The Morgan fingerprint density at radius 3 is 1.52 bits per heavy atom. The van der Waals surface area contributed by atoms with Crippen LogP contribution in [0.4, 0.5) is 0 Å². The fourth-order valence-corrected chi connectivity index (χ4v) is 6.36. The van der Waals surface area contributed by atoms with Crippen molar-refractivity contribution in [1.29, 1.82) is 0 Å². The molecule has 0 unspecified atom stereocenters. The van der Waals surface area contributed by atoms with E-state index < -0.39 is 0 Å². The second-order valence-corrected chi connectivity index (χ2v) is 11.5. The van der Waals surface area contributed by atoms with Crippen molar-refractivity contribution in [1.82, 2.24) is 0 Å². The minimum absolute atomic E-state index is 0.674. The summed E-state index contributed by atoms with van der Waals surface area (Å²) in [6.07, 6.45) is 7.87. The Morgan fingerprint density at radius 2 is 0.891 bits per heavy atom. The Labute approximate surface area is 268 Å². The number of ether oxygens (including phenoxy) is 2. The van der Waals surface area contributed by atoms with E-state index in [1.165, 1.54) is 43.4 Å². The largest absolute Gasteiger partial charge is 0.457 e. The summed E-state index contributed by atoms with van der Waals surface area (Å²) in [5.74, 6) is 3.08. The van der Waals surface area contributed by atoms with E-state index in [1.54, 1.807) is 0 Å². The van der Waals surface area contributed by atoms with Crippen molar-refractivity contribution in [3.8, 4) is 33.8 Å². The van der Waals surface area contributed by atoms with E-state index in [1.807, 2.05) is 24.3 Å². The highest BCUT2D eigenvalue weighted by molar-refractivity contribution is 6.12. The van der Waals surface area contributed by atoms with Crippen LogP contribution in [0.2, 0.25) is 0 Å². The van der Waals surface area contributed by atoms with Crippen LogP contribution in [0.3, 0.4) is 0 Å². The normalized spacial score (nSPS) is 13.0. The number of allylic oxidation sites excluding steroid dienone is 2. The molecule has 2 heterocycles. The van der Waals surface area contributed by atoms with Crippen molar-refractivity contribution < 1.29 is 9.47 Å². The molecule has 0 saturated carbocycles. The Kier molecular flexibility index (Phi) is 6.81. The van der Waals surface area contributed by atoms with Crippen LogP contribution in [-0.2, 0) is 0 Å². The predicted molar refractivity (Wildman–Crippen MR) is 194 cm³/mol. The number of fused-ring (bicyclic) bond motifs is 5. The molecule has 7 aromatic carbocycles. The molecule has 2 aliphatic rings. The SMILES string of the molecule is C=C1C=Cc2ccc(-c3c4ccccc4cc4ccccc34)cc2O1.C=C1C=Cc2ccc(-c3cccc4ccccc34)cc2O1. The summed E-state index contributed by atoms with van der Waals surface area (Å²) in [5, 5.41) is 7.51. The lowest BCUT2D eigenvalue weighted by atomic mass is 9.91. The second-order valence-electron chi connectivity index (χ2n) is 11.5. The minimum atomic E-state index is 0.674. The smallest absolute Gasteiger partial charge is 0.135 e. The van der Waals surface area contributed by atoms with Crippen molar-refractivity contribution in [3.05, 3.63) is 181 Å². The highest BCUT2D eigenvalue weighted by Crippen LogP contribution is 2.40. The molecule has 2 nitrogen and oxygen atoms in total. The van der Waals surface area contributed by atoms with Crippen LogP contribution in [0.5, 0.6) is 11.5 Å². The summed E-state index contributed by atoms with van der Waals surface area (Å²) < 4.78 is 11.6. The van der Waals surface area contributed by atoms with Crippen molar-refractivity contribution in [3.63, 3.8) is 0 Å². The first kappa shape index (κ1) is 27.4.